The number of ketones is 1. The Morgan fingerprint density at radius 1 is 0.968 bits per heavy atom. The van der Waals surface area contributed by atoms with Crippen molar-refractivity contribution >= 4 is 49.2 Å². The molecule has 5 rings (SSSR count). The minimum absolute atomic E-state index is 0.0465. The third-order valence-corrected chi connectivity index (χ3v) is 7.77. The lowest BCUT2D eigenvalue weighted by Gasteiger charge is -2.37. The number of hydrogen-bond acceptors (Lipinski definition) is 5. The number of carbonyl (C=O) groups is 1. The predicted molar refractivity (Wildman–Crippen MR) is 129 cm³/mol. The summed E-state index contributed by atoms with van der Waals surface area (Å²) >= 11 is 4.77. The van der Waals surface area contributed by atoms with Crippen molar-refractivity contribution in [2.45, 2.75) is 18.8 Å². The molecule has 1 N–H and O–H groups in total. The standard InChI is InChI=1S/C25H19BrN2O2S/c26-18-10-12-19(13-11-18)27-24-25(15-14-16-6-4-5-9-20(16)22(25)29)21(23(28-30)31-24)17-7-2-1-3-8-17/h1-13,21,30H,14-15H2/b27-24?,28-23-/t21-,25+/m1/s1. The van der Waals surface area contributed by atoms with Crippen LogP contribution in [0.25, 0.3) is 0 Å². The number of benzene rings is 3. The second-order valence-corrected chi connectivity index (χ2v) is 9.66. The number of halogens is 1. The smallest absolute Gasteiger partial charge is 0.176 e. The van der Waals surface area contributed by atoms with Crippen LogP contribution in [-0.4, -0.2) is 21.1 Å². The van der Waals surface area contributed by atoms with E-state index in [-0.39, 0.29) is 11.7 Å². The summed E-state index contributed by atoms with van der Waals surface area (Å²) < 4.78 is 0.965. The Morgan fingerprint density at radius 3 is 2.42 bits per heavy atom. The van der Waals surface area contributed by atoms with Crippen molar-refractivity contribution in [2.24, 2.45) is 15.6 Å². The van der Waals surface area contributed by atoms with Crippen molar-refractivity contribution in [3.63, 3.8) is 0 Å². The van der Waals surface area contributed by atoms with Gasteiger partial charge in [-0.2, -0.15) is 0 Å². The normalized spacial score (nSPS) is 25.3. The van der Waals surface area contributed by atoms with E-state index in [9.17, 15) is 10.0 Å². The van der Waals surface area contributed by atoms with Gasteiger partial charge in [0.05, 0.1) is 22.1 Å². The molecule has 1 heterocycles. The fourth-order valence-electron chi connectivity index (χ4n) is 4.61. The van der Waals surface area contributed by atoms with Crippen LogP contribution in [0.15, 0.2) is 93.5 Å². The number of hydrogen-bond donors (Lipinski definition) is 1. The van der Waals surface area contributed by atoms with Gasteiger partial charge in [-0.25, -0.2) is 4.99 Å². The second-order valence-electron chi connectivity index (χ2n) is 7.73. The highest BCUT2D eigenvalue weighted by molar-refractivity contribution is 9.10. The molecule has 0 unspecified atom stereocenters. The first-order chi connectivity index (χ1) is 15.1. The number of Topliss-reactive ketones (excluding diaryl/α,β-unsaturated/α-hetero) is 1. The first-order valence-corrected chi connectivity index (χ1v) is 11.7. The first kappa shape index (κ1) is 20.2. The summed E-state index contributed by atoms with van der Waals surface area (Å²) in [6, 6.07) is 25.3. The number of thioether (sulfide) groups is 1. The zero-order valence-corrected chi connectivity index (χ0v) is 18.9. The molecule has 2 aliphatic rings. The van der Waals surface area contributed by atoms with Crippen LogP contribution >= 0.6 is 27.7 Å². The molecule has 0 bridgehead atoms. The molecule has 1 aliphatic carbocycles. The van der Waals surface area contributed by atoms with Gasteiger partial charge in [-0.15, -0.1) is 0 Å². The zero-order valence-electron chi connectivity index (χ0n) is 16.5. The van der Waals surface area contributed by atoms with E-state index < -0.39 is 5.41 Å². The van der Waals surface area contributed by atoms with E-state index in [1.807, 2.05) is 78.9 Å². The molecule has 1 saturated heterocycles. The number of nitrogens with zero attached hydrogens (tertiary/aromatic N) is 2. The zero-order chi connectivity index (χ0) is 21.4. The molecular formula is C25H19BrN2O2S. The maximum absolute atomic E-state index is 14.1. The van der Waals surface area contributed by atoms with Crippen LogP contribution in [0, 0.1) is 5.41 Å². The Bertz CT molecular complexity index is 1210. The van der Waals surface area contributed by atoms with Crippen molar-refractivity contribution in [3.8, 4) is 0 Å². The van der Waals surface area contributed by atoms with E-state index in [0.717, 1.165) is 33.3 Å². The van der Waals surface area contributed by atoms with E-state index in [0.29, 0.717) is 16.5 Å². The minimum Gasteiger partial charge on any atom is -0.410 e. The largest absolute Gasteiger partial charge is 0.410 e. The SMILES string of the molecule is O=C1c2ccccc2CC[C@@]12C(=Nc1ccc(Br)cc1)S/C(=N\O)[C@H]2c1ccccc1. The molecule has 0 aromatic heterocycles. The highest BCUT2D eigenvalue weighted by Crippen LogP contribution is 2.57. The van der Waals surface area contributed by atoms with Gasteiger partial charge in [0.1, 0.15) is 5.04 Å². The summed E-state index contributed by atoms with van der Waals surface area (Å²) in [6.07, 6.45) is 1.38. The van der Waals surface area contributed by atoms with Crippen LogP contribution in [0.5, 0.6) is 0 Å². The number of rotatable bonds is 2. The predicted octanol–water partition coefficient (Wildman–Crippen LogP) is 6.61. The van der Waals surface area contributed by atoms with Crippen molar-refractivity contribution in [1.82, 2.24) is 0 Å². The van der Waals surface area contributed by atoms with Gasteiger partial charge in [-0.1, -0.05) is 87.4 Å². The third kappa shape index (κ3) is 3.34. The third-order valence-electron chi connectivity index (χ3n) is 6.07. The lowest BCUT2D eigenvalue weighted by Crippen LogP contribution is -2.44. The molecule has 3 aromatic carbocycles. The van der Waals surface area contributed by atoms with Crippen LogP contribution in [0.2, 0.25) is 0 Å². The van der Waals surface area contributed by atoms with Gasteiger partial charge in [-0.3, -0.25) is 4.79 Å². The molecule has 4 nitrogen and oxygen atoms in total. The van der Waals surface area contributed by atoms with Crippen LogP contribution in [-0.2, 0) is 6.42 Å². The first-order valence-electron chi connectivity index (χ1n) is 10.1. The average Bonchev–Trinajstić information content (AvgIpc) is 3.12. The lowest BCUT2D eigenvalue weighted by molar-refractivity contribution is 0.0843. The molecule has 3 aromatic rings. The van der Waals surface area contributed by atoms with Gasteiger partial charge in [0.15, 0.2) is 5.78 Å². The fraction of sp³-hybridized carbons (Fsp3) is 0.160. The van der Waals surface area contributed by atoms with Crippen molar-refractivity contribution < 1.29 is 10.0 Å². The van der Waals surface area contributed by atoms with Gasteiger partial charge in [-0.05, 0) is 48.2 Å². The van der Waals surface area contributed by atoms with Gasteiger partial charge in [0.2, 0.25) is 0 Å². The number of aryl methyl sites for hydroxylation is 1. The number of carbonyl (C=O) groups excluding carboxylic acids is 1. The lowest BCUT2D eigenvalue weighted by atomic mass is 9.62. The molecule has 1 aliphatic heterocycles. The average molecular weight is 491 g/mol. The number of oxime groups is 1. The highest BCUT2D eigenvalue weighted by atomic mass is 79.9. The topological polar surface area (TPSA) is 62.0 Å². The molecule has 0 amide bonds. The molecule has 154 valence electrons. The summed E-state index contributed by atoms with van der Waals surface area (Å²) in [6.45, 7) is 0. The van der Waals surface area contributed by atoms with E-state index in [4.69, 9.17) is 4.99 Å². The van der Waals surface area contributed by atoms with Crippen LogP contribution in [0.1, 0.15) is 33.8 Å². The number of aliphatic imine (C=N–C) groups is 1. The van der Waals surface area contributed by atoms with Crippen LogP contribution in [0.3, 0.4) is 0 Å². The Kier molecular flexibility index (Phi) is 5.28. The van der Waals surface area contributed by atoms with E-state index in [2.05, 4.69) is 21.1 Å². The monoisotopic (exact) mass is 490 g/mol. The molecule has 31 heavy (non-hydrogen) atoms. The quantitative estimate of drug-likeness (QED) is 0.324. The summed E-state index contributed by atoms with van der Waals surface area (Å²) in [5.74, 6) is -0.330. The van der Waals surface area contributed by atoms with Gasteiger partial charge >= 0.3 is 0 Å². The Hall–Kier alpha value is -2.70. The van der Waals surface area contributed by atoms with Crippen LogP contribution < -0.4 is 0 Å². The maximum atomic E-state index is 14.1. The van der Waals surface area contributed by atoms with E-state index in [1.54, 1.807) is 0 Å². The van der Waals surface area contributed by atoms with Gasteiger partial charge in [0, 0.05) is 10.0 Å². The molecule has 1 spiro atoms. The van der Waals surface area contributed by atoms with E-state index >= 15 is 0 Å². The molecule has 0 saturated carbocycles. The highest BCUT2D eigenvalue weighted by Gasteiger charge is 2.59. The molecular weight excluding hydrogens is 472 g/mol. The summed E-state index contributed by atoms with van der Waals surface area (Å²) in [5.41, 5.74) is 2.62. The minimum atomic E-state index is -0.894. The summed E-state index contributed by atoms with van der Waals surface area (Å²) in [4.78, 5) is 19.0. The van der Waals surface area contributed by atoms with E-state index in [1.165, 1.54) is 11.8 Å². The molecule has 0 radical (unpaired) electrons. The Balaban J connectivity index is 1.74. The molecule has 6 heteroatoms. The van der Waals surface area contributed by atoms with Crippen LogP contribution in [0.4, 0.5) is 5.69 Å². The summed E-state index contributed by atoms with van der Waals surface area (Å²) in [7, 11) is 0. The van der Waals surface area contributed by atoms with Crippen molar-refractivity contribution in [2.75, 3.05) is 0 Å². The Labute approximate surface area is 193 Å². The van der Waals surface area contributed by atoms with Crippen molar-refractivity contribution in [1.29, 1.82) is 0 Å². The molecule has 1 fully saturated rings. The Morgan fingerprint density at radius 2 is 1.68 bits per heavy atom. The van der Waals surface area contributed by atoms with Gasteiger partial charge < -0.3 is 5.21 Å². The maximum Gasteiger partial charge on any atom is 0.176 e. The van der Waals surface area contributed by atoms with Crippen molar-refractivity contribution in [3.05, 3.63) is 100 Å². The molecule has 2 atom stereocenters. The van der Waals surface area contributed by atoms with Gasteiger partial charge in [0.25, 0.3) is 0 Å². The number of fused-ring (bicyclic) bond motifs is 1. The summed E-state index contributed by atoms with van der Waals surface area (Å²) in [5, 5.41) is 14.7. The fourth-order valence-corrected chi connectivity index (χ4v) is 6.22. The second kappa shape index (κ2) is 8.09.